The van der Waals surface area contributed by atoms with Crippen LogP contribution >= 0.6 is 0 Å². The highest BCUT2D eigenvalue weighted by molar-refractivity contribution is 6.50. The number of aliphatic hydroxyl groups is 1. The summed E-state index contributed by atoms with van der Waals surface area (Å²) in [7, 11) is -6.00. The lowest BCUT2D eigenvalue weighted by Gasteiger charge is -2.09. The van der Waals surface area contributed by atoms with Gasteiger partial charge in [0.2, 0.25) is 11.4 Å². The number of hydrogen-bond acceptors (Lipinski definition) is 3. The van der Waals surface area contributed by atoms with E-state index < -0.39 is 7.25 Å². The van der Waals surface area contributed by atoms with Gasteiger partial charge in [-0.1, -0.05) is 30.3 Å². The van der Waals surface area contributed by atoms with Crippen molar-refractivity contribution in [3.05, 3.63) is 53.9 Å². The Hall–Kier alpha value is -2.29. The molecule has 0 spiro atoms. The minimum Gasteiger partial charge on any atom is -0.501 e. The first kappa shape index (κ1) is 21.8. The molecule has 26 heavy (non-hydrogen) atoms. The van der Waals surface area contributed by atoms with Gasteiger partial charge < -0.3 is 32.8 Å². The van der Waals surface area contributed by atoms with Crippen molar-refractivity contribution in [2.45, 2.75) is 26.3 Å². The Morgan fingerprint density at radius 1 is 1.08 bits per heavy atom. The van der Waals surface area contributed by atoms with Crippen LogP contribution in [0, 0.1) is 6.92 Å². The molecule has 1 aromatic heterocycles. The van der Waals surface area contributed by atoms with Gasteiger partial charge in [0.1, 0.15) is 0 Å². The number of anilines is 1. The van der Waals surface area contributed by atoms with E-state index >= 15 is 0 Å². The number of nitrogens with one attached hydrogen (secondary N) is 1. The molecule has 0 radical (unpaired) electrons. The second-order valence-electron chi connectivity index (χ2n) is 5.59. The van der Waals surface area contributed by atoms with Gasteiger partial charge in [0.15, 0.2) is 12.7 Å². The van der Waals surface area contributed by atoms with E-state index in [1.165, 1.54) is 5.56 Å². The van der Waals surface area contributed by atoms with Gasteiger partial charge in [0.25, 0.3) is 0 Å². The summed E-state index contributed by atoms with van der Waals surface area (Å²) in [6, 6.07) is 12.2. The molecule has 0 aliphatic heterocycles. The Bertz CT molecular complexity index is 664. The van der Waals surface area contributed by atoms with Gasteiger partial charge in [0, 0.05) is 32.6 Å². The van der Waals surface area contributed by atoms with Crippen LogP contribution in [-0.2, 0) is 13.0 Å². The zero-order chi connectivity index (χ0) is 19.6. The van der Waals surface area contributed by atoms with Crippen molar-refractivity contribution in [2.24, 2.45) is 0 Å². The third-order valence-electron chi connectivity index (χ3n) is 3.58. The highest BCUT2D eigenvalue weighted by Gasteiger charge is 2.20. The highest BCUT2D eigenvalue weighted by atomic mass is 19.5. The van der Waals surface area contributed by atoms with Gasteiger partial charge in [-0.2, -0.15) is 4.57 Å². The van der Waals surface area contributed by atoms with Crippen molar-refractivity contribution in [3.8, 4) is 5.75 Å². The average molecular weight is 374 g/mol. The fourth-order valence-electron chi connectivity index (χ4n) is 2.27. The van der Waals surface area contributed by atoms with E-state index in [1.54, 1.807) is 0 Å². The summed E-state index contributed by atoms with van der Waals surface area (Å²) in [6.45, 7) is 3.55. The zero-order valence-corrected chi connectivity index (χ0v) is 14.5. The summed E-state index contributed by atoms with van der Waals surface area (Å²) in [5.74, 6) is 0.281. The monoisotopic (exact) mass is 374 g/mol. The maximum atomic E-state index is 10.2. The van der Waals surface area contributed by atoms with Crippen LogP contribution in [-0.4, -0.2) is 30.6 Å². The molecule has 0 aliphatic rings. The van der Waals surface area contributed by atoms with Gasteiger partial charge in [-0.25, -0.2) is 0 Å². The Morgan fingerprint density at radius 2 is 1.69 bits per heavy atom. The molecule has 144 valence electrons. The molecule has 2 rings (SSSR count). The number of halogens is 4. The number of aromatic nitrogens is 1. The van der Waals surface area contributed by atoms with Gasteiger partial charge in [0.05, 0.1) is 5.69 Å². The second kappa shape index (κ2) is 10.6. The van der Waals surface area contributed by atoms with Crippen LogP contribution in [0.2, 0.25) is 0 Å². The number of hydrogen-bond donors (Lipinski definition) is 3. The topological polar surface area (TPSA) is 56.4 Å². The van der Waals surface area contributed by atoms with E-state index in [2.05, 4.69) is 22.0 Å². The van der Waals surface area contributed by atoms with E-state index in [9.17, 15) is 22.4 Å². The fraction of sp³-hybridized carbons (Fsp3) is 0.353. The third kappa shape index (κ3) is 8.71. The molecule has 9 heteroatoms. The van der Waals surface area contributed by atoms with Crippen LogP contribution in [0.4, 0.5) is 23.0 Å². The normalized spacial score (nSPS) is 10.8. The first-order chi connectivity index (χ1) is 12.2. The molecule has 0 bridgehead atoms. The minimum absolute atomic E-state index is 0.149. The molecule has 0 saturated carbocycles. The molecule has 1 aromatic carbocycles. The summed E-state index contributed by atoms with van der Waals surface area (Å²) in [5.41, 5.74) is 2.85. The van der Waals surface area contributed by atoms with Gasteiger partial charge in [-0.15, -0.1) is 0 Å². The summed E-state index contributed by atoms with van der Waals surface area (Å²) in [5, 5.41) is 22.1. The van der Waals surface area contributed by atoms with Gasteiger partial charge in [-0.3, -0.25) is 0 Å². The standard InChI is InChI=1S/C17H22N2O2.BF4/c1-14-17(21)16(18-10-5-13-20)9-12-19(14)11-8-15-6-3-2-4-7-15;2-1(3,4)5/h2-4,6-7,9,12,20-21H,5,8,10-11,13H2,1H3;/q;-1/p+1. The maximum Gasteiger partial charge on any atom is 0.673 e. The van der Waals surface area contributed by atoms with Crippen LogP contribution in [0.5, 0.6) is 5.75 Å². The van der Waals surface area contributed by atoms with Crippen molar-refractivity contribution in [1.82, 2.24) is 0 Å². The summed E-state index contributed by atoms with van der Waals surface area (Å²) in [4.78, 5) is 0. The third-order valence-corrected chi connectivity index (χ3v) is 3.58. The Balaban J connectivity index is 0.000000597. The number of benzene rings is 1. The van der Waals surface area contributed by atoms with Crippen molar-refractivity contribution in [3.63, 3.8) is 0 Å². The van der Waals surface area contributed by atoms with Gasteiger partial charge >= 0.3 is 7.25 Å². The number of pyridine rings is 1. The summed E-state index contributed by atoms with van der Waals surface area (Å²) >= 11 is 0. The molecule has 0 unspecified atom stereocenters. The molecular weight excluding hydrogens is 351 g/mol. The zero-order valence-electron chi connectivity index (χ0n) is 14.5. The Kier molecular flexibility index (Phi) is 8.91. The first-order valence-electron chi connectivity index (χ1n) is 8.20. The van der Waals surface area contributed by atoms with Gasteiger partial charge in [-0.05, 0) is 12.0 Å². The Morgan fingerprint density at radius 3 is 2.27 bits per heavy atom. The molecule has 0 amide bonds. The summed E-state index contributed by atoms with van der Waals surface area (Å²) < 4.78 is 41.1. The summed E-state index contributed by atoms with van der Waals surface area (Å²) in [6.07, 6.45) is 3.59. The predicted octanol–water partition coefficient (Wildman–Crippen LogP) is 3.33. The highest BCUT2D eigenvalue weighted by Crippen LogP contribution is 2.23. The van der Waals surface area contributed by atoms with Crippen LogP contribution in [0.25, 0.3) is 0 Å². The molecule has 3 N–H and O–H groups in total. The van der Waals surface area contributed by atoms with Crippen LogP contribution in [0.1, 0.15) is 17.7 Å². The van der Waals surface area contributed by atoms with E-state index in [1.807, 2.05) is 37.4 Å². The van der Waals surface area contributed by atoms with Crippen LogP contribution < -0.4 is 9.88 Å². The van der Waals surface area contributed by atoms with E-state index in [0.29, 0.717) is 13.0 Å². The number of nitrogens with zero attached hydrogens (tertiary/aromatic N) is 1. The van der Waals surface area contributed by atoms with Crippen molar-refractivity contribution in [2.75, 3.05) is 18.5 Å². The van der Waals surface area contributed by atoms with Crippen molar-refractivity contribution < 1.29 is 32.0 Å². The minimum atomic E-state index is -6.00. The van der Waals surface area contributed by atoms with Crippen LogP contribution in [0.3, 0.4) is 0 Å². The molecule has 0 fully saturated rings. The number of aromatic hydroxyl groups is 1. The number of rotatable bonds is 7. The quantitative estimate of drug-likeness (QED) is 0.302. The molecule has 2 aromatic rings. The maximum absolute atomic E-state index is 10.2. The van der Waals surface area contributed by atoms with E-state index in [4.69, 9.17) is 5.11 Å². The molecule has 0 aliphatic carbocycles. The van der Waals surface area contributed by atoms with Crippen molar-refractivity contribution >= 4 is 12.9 Å². The fourth-order valence-corrected chi connectivity index (χ4v) is 2.27. The lowest BCUT2D eigenvalue weighted by molar-refractivity contribution is -0.702. The molecular formula is C17H23BF4N2O2. The number of aryl methyl sites for hydroxylation is 2. The van der Waals surface area contributed by atoms with Crippen molar-refractivity contribution in [1.29, 1.82) is 0 Å². The number of aliphatic hydroxyl groups excluding tert-OH is 1. The molecule has 1 heterocycles. The largest absolute Gasteiger partial charge is 0.673 e. The van der Waals surface area contributed by atoms with Crippen LogP contribution in [0.15, 0.2) is 42.6 Å². The molecule has 4 nitrogen and oxygen atoms in total. The Labute approximate surface area is 150 Å². The average Bonchev–Trinajstić information content (AvgIpc) is 2.57. The SMILES string of the molecule is Cc1c(O)c(NCCCO)cc[n+]1CCc1ccccc1.F[B-](F)(F)F. The smallest absolute Gasteiger partial charge is 0.501 e. The molecule has 0 saturated heterocycles. The lowest BCUT2D eigenvalue weighted by atomic mass is 10.1. The first-order valence-corrected chi connectivity index (χ1v) is 8.20. The van der Waals surface area contributed by atoms with E-state index in [-0.39, 0.29) is 12.4 Å². The van der Waals surface area contributed by atoms with E-state index in [0.717, 1.165) is 24.3 Å². The predicted molar refractivity (Wildman–Crippen MR) is 93.6 cm³/mol. The lowest BCUT2D eigenvalue weighted by Crippen LogP contribution is -2.37. The second-order valence-corrected chi connectivity index (χ2v) is 5.59. The molecule has 0 atom stereocenters.